The minimum absolute atomic E-state index is 0.103. The third-order valence-corrected chi connectivity index (χ3v) is 5.20. The third-order valence-electron chi connectivity index (χ3n) is 5.20. The van der Waals surface area contributed by atoms with Crippen LogP contribution in [0.15, 0.2) is 46.7 Å². The lowest BCUT2D eigenvalue weighted by Gasteiger charge is -2.20. The minimum Gasteiger partial charge on any atom is -0.324 e. The monoisotopic (exact) mass is 413 g/mol. The maximum absolute atomic E-state index is 13.6. The van der Waals surface area contributed by atoms with Gasteiger partial charge in [-0.1, -0.05) is 17.4 Å². The Morgan fingerprint density at radius 1 is 1.10 bits per heavy atom. The summed E-state index contributed by atoms with van der Waals surface area (Å²) in [7, 11) is 0. The number of anilines is 2. The molecule has 1 saturated heterocycles. The number of nitrogens with zero attached hydrogens (tertiary/aromatic N) is 4. The summed E-state index contributed by atoms with van der Waals surface area (Å²) in [5.41, 5.74) is 2.44. The van der Waals surface area contributed by atoms with E-state index in [1.54, 1.807) is 6.07 Å². The van der Waals surface area contributed by atoms with E-state index in [2.05, 4.69) is 15.7 Å². The topological polar surface area (TPSA) is 94.4 Å². The van der Waals surface area contributed by atoms with Crippen molar-refractivity contribution in [2.75, 3.05) is 16.8 Å². The number of aryl methyl sites for hydroxylation is 1. The lowest BCUT2D eigenvalue weighted by molar-refractivity contribution is -0.123. The van der Waals surface area contributed by atoms with Crippen molar-refractivity contribution < 1.29 is 23.2 Å². The second-order valence-electron chi connectivity index (χ2n) is 7.10. The quantitative estimate of drug-likeness (QED) is 0.780. The highest BCUT2D eigenvalue weighted by molar-refractivity contribution is 6.25. The van der Waals surface area contributed by atoms with E-state index in [-0.39, 0.29) is 12.2 Å². The Hall–Kier alpha value is -3.69. The van der Waals surface area contributed by atoms with Crippen LogP contribution in [0.3, 0.4) is 0 Å². The number of fused-ring (bicyclic) bond motifs is 1. The van der Waals surface area contributed by atoms with Crippen LogP contribution in [0.25, 0.3) is 0 Å². The van der Waals surface area contributed by atoms with Crippen LogP contribution in [0, 0.1) is 25.5 Å². The maximum atomic E-state index is 13.6. The van der Waals surface area contributed by atoms with Crippen LogP contribution in [0.5, 0.6) is 0 Å². The summed E-state index contributed by atoms with van der Waals surface area (Å²) in [5, 5.41) is 11.5. The molecule has 0 spiro atoms. The van der Waals surface area contributed by atoms with Crippen LogP contribution >= 0.6 is 0 Å². The van der Waals surface area contributed by atoms with Gasteiger partial charge < -0.3 is 5.32 Å². The van der Waals surface area contributed by atoms with Crippen molar-refractivity contribution in [2.24, 2.45) is 10.3 Å². The van der Waals surface area contributed by atoms with Crippen molar-refractivity contribution in [2.45, 2.75) is 25.9 Å². The first kappa shape index (κ1) is 19.6. The van der Waals surface area contributed by atoms with Gasteiger partial charge in [0.2, 0.25) is 5.91 Å². The molecule has 0 radical (unpaired) electrons. The molecule has 2 aliphatic heterocycles. The fourth-order valence-electron chi connectivity index (χ4n) is 3.46. The summed E-state index contributed by atoms with van der Waals surface area (Å²) in [6.45, 7) is 3.48. The van der Waals surface area contributed by atoms with Crippen molar-refractivity contribution >= 4 is 29.1 Å². The van der Waals surface area contributed by atoms with Crippen molar-refractivity contribution in [1.29, 1.82) is 0 Å². The molecule has 0 saturated carbocycles. The van der Waals surface area contributed by atoms with Crippen LogP contribution in [0.1, 0.15) is 11.1 Å². The summed E-state index contributed by atoms with van der Waals surface area (Å²) in [5.74, 6) is -4.13. The fraction of sp³-hybridized carbons (Fsp3) is 0.250. The summed E-state index contributed by atoms with van der Waals surface area (Å²) >= 11 is 0. The molecule has 2 atom stereocenters. The van der Waals surface area contributed by atoms with Crippen LogP contribution < -0.4 is 10.2 Å². The van der Waals surface area contributed by atoms with Crippen molar-refractivity contribution in [3.8, 4) is 0 Å². The van der Waals surface area contributed by atoms with E-state index in [9.17, 15) is 23.2 Å². The SMILES string of the molecule is Cc1cccc(NC(=O)CN2N=N[C@@H]3C(=O)N(c4ccc(F)c(F)c4)C(=O)[C@H]32)c1C. The smallest absolute Gasteiger partial charge is 0.263 e. The Morgan fingerprint density at radius 3 is 2.60 bits per heavy atom. The van der Waals surface area contributed by atoms with Gasteiger partial charge in [-0.2, -0.15) is 5.11 Å². The van der Waals surface area contributed by atoms with Crippen molar-refractivity contribution in [3.05, 3.63) is 59.2 Å². The van der Waals surface area contributed by atoms with Crippen molar-refractivity contribution in [1.82, 2.24) is 5.01 Å². The summed E-state index contributed by atoms with van der Waals surface area (Å²) in [6.07, 6.45) is 0. The first-order valence-corrected chi connectivity index (χ1v) is 9.14. The molecule has 30 heavy (non-hydrogen) atoms. The molecule has 154 valence electrons. The van der Waals surface area contributed by atoms with Gasteiger partial charge in [0.15, 0.2) is 23.7 Å². The lowest BCUT2D eigenvalue weighted by Crippen LogP contribution is -2.43. The molecule has 4 rings (SSSR count). The number of amides is 3. The van der Waals surface area contributed by atoms with Crippen molar-refractivity contribution in [3.63, 3.8) is 0 Å². The van der Waals surface area contributed by atoms with E-state index < -0.39 is 41.4 Å². The third kappa shape index (κ3) is 3.19. The molecule has 3 amide bonds. The number of imide groups is 1. The molecular weight excluding hydrogens is 396 g/mol. The Balaban J connectivity index is 1.51. The van der Waals surface area contributed by atoms with E-state index in [1.807, 2.05) is 26.0 Å². The number of hydrogen-bond donors (Lipinski definition) is 1. The summed E-state index contributed by atoms with van der Waals surface area (Å²) in [4.78, 5) is 38.7. The number of carbonyl (C=O) groups is 3. The largest absolute Gasteiger partial charge is 0.324 e. The zero-order valence-electron chi connectivity index (χ0n) is 16.1. The average molecular weight is 413 g/mol. The van der Waals surface area contributed by atoms with Gasteiger partial charge in [0.1, 0.15) is 6.54 Å². The van der Waals surface area contributed by atoms with E-state index in [0.717, 1.165) is 39.2 Å². The van der Waals surface area contributed by atoms with Gasteiger partial charge >= 0.3 is 0 Å². The van der Waals surface area contributed by atoms with Gasteiger partial charge in [-0.05, 0) is 43.2 Å². The molecule has 2 aliphatic rings. The molecule has 0 unspecified atom stereocenters. The minimum atomic E-state index is -1.18. The Kier molecular flexibility index (Phi) is 4.76. The maximum Gasteiger partial charge on any atom is 0.263 e. The second kappa shape index (κ2) is 7.29. The number of benzene rings is 2. The molecule has 10 heteroatoms. The van der Waals surface area contributed by atoms with E-state index >= 15 is 0 Å². The van der Waals surface area contributed by atoms with Crippen LogP contribution in [0.4, 0.5) is 20.2 Å². The number of rotatable bonds is 4. The Bertz CT molecular complexity index is 1100. The highest BCUT2D eigenvalue weighted by Crippen LogP contribution is 2.32. The van der Waals surface area contributed by atoms with Gasteiger partial charge in [-0.3, -0.25) is 19.4 Å². The zero-order valence-corrected chi connectivity index (χ0v) is 16.1. The fourth-order valence-corrected chi connectivity index (χ4v) is 3.46. The van der Waals surface area contributed by atoms with E-state index in [1.165, 1.54) is 0 Å². The molecule has 2 heterocycles. The first-order chi connectivity index (χ1) is 14.3. The predicted molar refractivity (Wildman–Crippen MR) is 103 cm³/mol. The Morgan fingerprint density at radius 2 is 1.87 bits per heavy atom. The highest BCUT2D eigenvalue weighted by atomic mass is 19.2. The molecule has 2 aromatic carbocycles. The van der Waals surface area contributed by atoms with Crippen LogP contribution in [-0.2, 0) is 14.4 Å². The van der Waals surface area contributed by atoms with Gasteiger partial charge in [-0.15, -0.1) is 0 Å². The highest BCUT2D eigenvalue weighted by Gasteiger charge is 2.55. The summed E-state index contributed by atoms with van der Waals surface area (Å²) < 4.78 is 26.8. The van der Waals surface area contributed by atoms with Gasteiger partial charge in [0.05, 0.1) is 5.69 Å². The normalized spacial score (nSPS) is 20.1. The van der Waals surface area contributed by atoms with Crippen LogP contribution in [0.2, 0.25) is 0 Å². The van der Waals surface area contributed by atoms with Gasteiger partial charge in [-0.25, -0.2) is 13.7 Å². The number of carbonyl (C=O) groups excluding carboxylic acids is 3. The zero-order chi connectivity index (χ0) is 21.6. The molecule has 2 aromatic rings. The first-order valence-electron chi connectivity index (χ1n) is 9.14. The number of halogens is 2. The molecule has 0 bridgehead atoms. The standard InChI is InChI=1S/C20H17F2N5O3/c1-10-4-3-5-15(11(10)2)23-16(28)9-26-18-17(24-25-26)19(29)27(20(18)30)12-6-7-13(21)14(22)8-12/h3-8,17-18H,9H2,1-2H3,(H,23,28)/t17-,18-/m0/s1. The predicted octanol–water partition coefficient (Wildman–Crippen LogP) is 2.51. The second-order valence-corrected chi connectivity index (χ2v) is 7.10. The number of hydrogen-bond acceptors (Lipinski definition) is 6. The van der Waals surface area contributed by atoms with Gasteiger partial charge in [0, 0.05) is 11.8 Å². The molecular formula is C20H17F2N5O3. The van der Waals surface area contributed by atoms with E-state index in [0.29, 0.717) is 5.69 Å². The van der Waals surface area contributed by atoms with Crippen LogP contribution in [-0.4, -0.2) is 41.4 Å². The molecule has 0 aromatic heterocycles. The summed E-state index contributed by atoms with van der Waals surface area (Å²) in [6, 6.07) is 5.95. The van der Waals surface area contributed by atoms with E-state index in [4.69, 9.17) is 0 Å². The Labute approximate surface area is 170 Å². The number of nitrogens with one attached hydrogen (secondary N) is 1. The average Bonchev–Trinajstić information content (AvgIpc) is 3.21. The molecule has 8 nitrogen and oxygen atoms in total. The molecule has 0 aliphatic carbocycles. The van der Waals surface area contributed by atoms with Gasteiger partial charge in [0.25, 0.3) is 11.8 Å². The molecule has 1 fully saturated rings. The lowest BCUT2D eigenvalue weighted by atomic mass is 10.1. The molecule has 1 N–H and O–H groups in total.